The predicted molar refractivity (Wildman–Crippen MR) is 97.0 cm³/mol. The Morgan fingerprint density at radius 3 is 3.00 bits per heavy atom. The van der Waals surface area contributed by atoms with E-state index >= 15 is 0 Å². The van der Waals surface area contributed by atoms with Gasteiger partial charge in [0.15, 0.2) is 0 Å². The zero-order valence-electron chi connectivity index (χ0n) is 12.5. The Morgan fingerprint density at radius 2 is 2.18 bits per heavy atom. The van der Waals surface area contributed by atoms with Crippen molar-refractivity contribution < 1.29 is 4.74 Å². The molecule has 3 rings (SSSR count). The molecule has 1 atom stereocenters. The van der Waals surface area contributed by atoms with Crippen molar-refractivity contribution in [3.63, 3.8) is 0 Å². The Kier molecular flexibility index (Phi) is 5.26. The molecular weight excluding hydrogens is 360 g/mol. The van der Waals surface area contributed by atoms with Crippen LogP contribution in [0.15, 0.2) is 52.1 Å². The highest BCUT2D eigenvalue weighted by molar-refractivity contribution is 9.10. The van der Waals surface area contributed by atoms with Crippen molar-refractivity contribution in [2.24, 2.45) is 4.99 Å². The van der Waals surface area contributed by atoms with Gasteiger partial charge in [0.05, 0.1) is 6.04 Å². The molecule has 0 fully saturated rings. The molecule has 1 aromatic carbocycles. The smallest absolute Gasteiger partial charge is 0.233 e. The molecule has 0 spiro atoms. The van der Waals surface area contributed by atoms with Crippen molar-refractivity contribution in [2.75, 3.05) is 18.1 Å². The van der Waals surface area contributed by atoms with E-state index in [-0.39, 0.29) is 6.04 Å². The molecule has 0 saturated carbocycles. The molecule has 1 aliphatic rings. The van der Waals surface area contributed by atoms with Gasteiger partial charge in [-0.05, 0) is 29.5 Å². The number of halogens is 1. The van der Waals surface area contributed by atoms with E-state index in [2.05, 4.69) is 57.9 Å². The summed E-state index contributed by atoms with van der Waals surface area (Å²) in [6, 6.07) is 12.7. The van der Waals surface area contributed by atoms with Crippen LogP contribution in [-0.2, 0) is 11.3 Å². The van der Waals surface area contributed by atoms with Crippen LogP contribution in [0.1, 0.15) is 18.2 Å². The second-order valence-electron chi connectivity index (χ2n) is 5.17. The van der Waals surface area contributed by atoms with Crippen molar-refractivity contribution >= 4 is 33.6 Å². The Bertz CT molecular complexity index is 668. The van der Waals surface area contributed by atoms with Crippen LogP contribution < -0.4 is 0 Å². The van der Waals surface area contributed by atoms with E-state index in [0.717, 1.165) is 34.1 Å². The summed E-state index contributed by atoms with van der Waals surface area (Å²) in [5, 5.41) is 0. The maximum absolute atomic E-state index is 5.82. The maximum Gasteiger partial charge on any atom is 0.233 e. The molecule has 0 saturated heterocycles. The van der Waals surface area contributed by atoms with Crippen LogP contribution >= 0.6 is 27.7 Å². The summed E-state index contributed by atoms with van der Waals surface area (Å²) >= 11 is 5.52. The first kappa shape index (κ1) is 15.7. The summed E-state index contributed by atoms with van der Waals surface area (Å²) in [6.07, 6.45) is 2.08. The van der Waals surface area contributed by atoms with E-state index in [1.54, 1.807) is 0 Å². The normalized spacial score (nSPS) is 17.4. The molecule has 1 aliphatic heterocycles. The molecule has 0 bridgehead atoms. The summed E-state index contributed by atoms with van der Waals surface area (Å²) in [5.74, 6) is 2.93. The minimum Gasteiger partial charge on any atom is -0.474 e. The summed E-state index contributed by atoms with van der Waals surface area (Å²) < 4.78 is 9.13. The third-order valence-electron chi connectivity index (χ3n) is 3.57. The topological polar surface area (TPSA) is 26.5 Å². The van der Waals surface area contributed by atoms with E-state index in [9.17, 15) is 0 Å². The van der Waals surface area contributed by atoms with Crippen LogP contribution in [0.25, 0.3) is 0 Å². The number of benzene rings is 1. The van der Waals surface area contributed by atoms with E-state index in [1.807, 2.05) is 23.9 Å². The van der Waals surface area contributed by atoms with E-state index in [4.69, 9.17) is 9.73 Å². The summed E-state index contributed by atoms with van der Waals surface area (Å²) in [7, 11) is 0. The molecule has 1 unspecified atom stereocenters. The van der Waals surface area contributed by atoms with Gasteiger partial charge < -0.3 is 9.30 Å². The largest absolute Gasteiger partial charge is 0.474 e. The van der Waals surface area contributed by atoms with Gasteiger partial charge in [0.1, 0.15) is 12.3 Å². The highest BCUT2D eigenvalue weighted by Crippen LogP contribution is 2.20. The monoisotopic (exact) mass is 378 g/mol. The van der Waals surface area contributed by atoms with Gasteiger partial charge in [-0.3, -0.25) is 0 Å². The van der Waals surface area contributed by atoms with Crippen molar-refractivity contribution in [1.82, 2.24) is 4.57 Å². The number of hydrogen-bond donors (Lipinski definition) is 0. The SMILES string of the molecule is CCSCC1COC(c2cccn2Cc2ccccc2Br)=N1. The first-order valence-corrected chi connectivity index (χ1v) is 9.40. The third kappa shape index (κ3) is 3.58. The van der Waals surface area contributed by atoms with Gasteiger partial charge in [0, 0.05) is 23.0 Å². The molecule has 22 heavy (non-hydrogen) atoms. The molecule has 0 N–H and O–H groups in total. The third-order valence-corrected chi connectivity index (χ3v) is 5.38. The molecule has 2 aromatic rings. The Balaban J connectivity index is 1.77. The summed E-state index contributed by atoms with van der Waals surface area (Å²) in [6.45, 7) is 3.68. The maximum atomic E-state index is 5.82. The van der Waals surface area contributed by atoms with Crippen molar-refractivity contribution in [1.29, 1.82) is 0 Å². The average Bonchev–Trinajstić information content (AvgIpc) is 3.16. The number of rotatable bonds is 6. The molecule has 116 valence electrons. The molecule has 1 aromatic heterocycles. The highest BCUT2D eigenvalue weighted by Gasteiger charge is 2.22. The van der Waals surface area contributed by atoms with Crippen LogP contribution in [0.4, 0.5) is 0 Å². The van der Waals surface area contributed by atoms with Crippen molar-refractivity contribution in [3.05, 3.63) is 58.3 Å². The molecule has 0 amide bonds. The van der Waals surface area contributed by atoms with Gasteiger partial charge >= 0.3 is 0 Å². The Morgan fingerprint density at radius 1 is 1.32 bits per heavy atom. The Labute approximate surface area is 143 Å². The van der Waals surface area contributed by atoms with Gasteiger partial charge in [-0.1, -0.05) is 41.1 Å². The molecule has 0 aliphatic carbocycles. The fourth-order valence-corrected chi connectivity index (χ4v) is 3.54. The first-order chi connectivity index (χ1) is 10.8. The lowest BCUT2D eigenvalue weighted by Crippen LogP contribution is -2.11. The van der Waals surface area contributed by atoms with Gasteiger partial charge in [-0.25, -0.2) is 4.99 Å². The van der Waals surface area contributed by atoms with Gasteiger partial charge in [-0.15, -0.1) is 0 Å². The second-order valence-corrected chi connectivity index (χ2v) is 7.34. The van der Waals surface area contributed by atoms with Crippen LogP contribution in [0, 0.1) is 0 Å². The highest BCUT2D eigenvalue weighted by atomic mass is 79.9. The lowest BCUT2D eigenvalue weighted by atomic mass is 10.2. The second kappa shape index (κ2) is 7.38. The van der Waals surface area contributed by atoms with Crippen molar-refractivity contribution in [2.45, 2.75) is 19.5 Å². The lowest BCUT2D eigenvalue weighted by Gasteiger charge is -2.10. The van der Waals surface area contributed by atoms with Gasteiger partial charge in [0.25, 0.3) is 0 Å². The standard InChI is InChI=1S/C17H19BrN2OS/c1-2-22-12-14-11-21-17(19-14)16-8-5-9-20(16)10-13-6-3-4-7-15(13)18/h3-9,14H,2,10-12H2,1H3. The number of aliphatic imine (C=N–C) groups is 1. The van der Waals surface area contributed by atoms with Crippen LogP contribution in [-0.4, -0.2) is 34.6 Å². The fraction of sp³-hybridized carbons (Fsp3) is 0.353. The number of hydrogen-bond acceptors (Lipinski definition) is 3. The molecular formula is C17H19BrN2OS. The molecule has 3 nitrogen and oxygen atoms in total. The predicted octanol–water partition coefficient (Wildman–Crippen LogP) is 4.20. The number of ether oxygens (including phenoxy) is 1. The van der Waals surface area contributed by atoms with E-state index in [0.29, 0.717) is 6.61 Å². The number of nitrogens with zero attached hydrogens (tertiary/aromatic N) is 2. The molecule has 5 heteroatoms. The average molecular weight is 379 g/mol. The molecule has 2 heterocycles. The summed E-state index contributed by atoms with van der Waals surface area (Å²) in [5.41, 5.74) is 2.30. The Hall–Kier alpha value is -1.20. The molecule has 0 radical (unpaired) electrons. The van der Waals surface area contributed by atoms with Crippen LogP contribution in [0.5, 0.6) is 0 Å². The van der Waals surface area contributed by atoms with E-state index < -0.39 is 0 Å². The zero-order chi connectivity index (χ0) is 15.4. The minimum atomic E-state index is 0.284. The minimum absolute atomic E-state index is 0.284. The number of aromatic nitrogens is 1. The van der Waals surface area contributed by atoms with Gasteiger partial charge in [0.2, 0.25) is 5.90 Å². The van der Waals surface area contributed by atoms with E-state index in [1.165, 1.54) is 5.56 Å². The fourth-order valence-electron chi connectivity index (χ4n) is 2.45. The van der Waals surface area contributed by atoms with Crippen LogP contribution in [0.2, 0.25) is 0 Å². The van der Waals surface area contributed by atoms with Crippen LogP contribution in [0.3, 0.4) is 0 Å². The first-order valence-electron chi connectivity index (χ1n) is 7.45. The number of thioether (sulfide) groups is 1. The van der Waals surface area contributed by atoms with Gasteiger partial charge in [-0.2, -0.15) is 11.8 Å². The lowest BCUT2D eigenvalue weighted by molar-refractivity contribution is 0.323. The zero-order valence-corrected chi connectivity index (χ0v) is 14.9. The van der Waals surface area contributed by atoms with Crippen molar-refractivity contribution in [3.8, 4) is 0 Å². The quantitative estimate of drug-likeness (QED) is 0.752. The summed E-state index contributed by atoms with van der Waals surface area (Å²) in [4.78, 5) is 4.73.